The van der Waals surface area contributed by atoms with Gasteiger partial charge in [-0.25, -0.2) is 18.7 Å². The normalized spacial score (nSPS) is 16.4. The molecular formula is C25H23F5N6. The van der Waals surface area contributed by atoms with E-state index in [1.165, 1.54) is 24.4 Å². The summed E-state index contributed by atoms with van der Waals surface area (Å²) < 4.78 is 69.9. The van der Waals surface area contributed by atoms with Crippen LogP contribution in [0.1, 0.15) is 24.0 Å². The minimum absolute atomic E-state index is 0.0249. The maximum absolute atomic E-state index is 13.8. The highest BCUT2D eigenvalue weighted by molar-refractivity contribution is 5.78. The second-order valence-corrected chi connectivity index (χ2v) is 8.81. The lowest BCUT2D eigenvalue weighted by Crippen LogP contribution is -2.32. The van der Waals surface area contributed by atoms with Crippen molar-refractivity contribution >= 4 is 17.1 Å². The Morgan fingerprint density at radius 1 is 1.06 bits per heavy atom. The van der Waals surface area contributed by atoms with Crippen molar-refractivity contribution in [2.24, 2.45) is 5.92 Å². The summed E-state index contributed by atoms with van der Waals surface area (Å²) in [5.41, 5.74) is 0.453. The monoisotopic (exact) mass is 502 g/mol. The van der Waals surface area contributed by atoms with E-state index in [9.17, 15) is 22.0 Å². The predicted molar refractivity (Wildman–Crippen MR) is 125 cm³/mol. The highest BCUT2D eigenvalue weighted by Gasteiger charge is 2.35. The maximum Gasteiger partial charge on any atom is 0.417 e. The Morgan fingerprint density at radius 2 is 1.89 bits per heavy atom. The number of benzene rings is 2. The molecule has 11 heteroatoms. The molecule has 6 nitrogen and oxygen atoms in total. The third-order valence-corrected chi connectivity index (χ3v) is 6.24. The first-order chi connectivity index (χ1) is 17.3. The van der Waals surface area contributed by atoms with Gasteiger partial charge in [0.25, 0.3) is 0 Å². The van der Waals surface area contributed by atoms with Gasteiger partial charge in [0.2, 0.25) is 5.95 Å². The lowest BCUT2D eigenvalue weighted by Gasteiger charge is -2.24. The van der Waals surface area contributed by atoms with Crippen LogP contribution >= 0.6 is 0 Å². The summed E-state index contributed by atoms with van der Waals surface area (Å²) in [4.78, 5) is 13.3. The number of rotatable bonds is 6. The molecule has 1 aliphatic rings. The van der Waals surface area contributed by atoms with Crippen LogP contribution in [0.3, 0.4) is 0 Å². The topological polar surface area (TPSA) is 67.7 Å². The molecule has 0 saturated carbocycles. The summed E-state index contributed by atoms with van der Waals surface area (Å²) in [7, 11) is 0. The fourth-order valence-electron chi connectivity index (χ4n) is 4.48. The van der Waals surface area contributed by atoms with Gasteiger partial charge in [0.1, 0.15) is 11.3 Å². The van der Waals surface area contributed by atoms with Gasteiger partial charge in [0.15, 0.2) is 17.3 Å². The van der Waals surface area contributed by atoms with Crippen LogP contribution in [0, 0.1) is 17.6 Å². The van der Waals surface area contributed by atoms with Crippen LogP contribution in [-0.4, -0.2) is 32.6 Å². The Bertz CT molecular complexity index is 1380. The summed E-state index contributed by atoms with van der Waals surface area (Å²) in [6.45, 7) is 2.22. The minimum atomic E-state index is -4.55. The second kappa shape index (κ2) is 9.81. The number of alkyl halides is 3. The Morgan fingerprint density at radius 3 is 2.64 bits per heavy atom. The molecule has 0 unspecified atom stereocenters. The van der Waals surface area contributed by atoms with E-state index >= 15 is 0 Å². The van der Waals surface area contributed by atoms with Crippen LogP contribution in [-0.2, 0) is 19.3 Å². The maximum atomic E-state index is 13.8. The number of aromatic nitrogens is 4. The number of nitrogens with one attached hydrogen (secondary N) is 2. The van der Waals surface area contributed by atoms with E-state index in [2.05, 4.69) is 25.6 Å². The van der Waals surface area contributed by atoms with Crippen LogP contribution < -0.4 is 10.6 Å². The fraction of sp³-hybridized carbons (Fsp3) is 0.320. The first kappa shape index (κ1) is 24.1. The van der Waals surface area contributed by atoms with Crippen molar-refractivity contribution in [3.8, 4) is 11.4 Å². The molecule has 1 aliphatic heterocycles. The number of piperidine rings is 1. The van der Waals surface area contributed by atoms with E-state index in [0.29, 0.717) is 23.3 Å². The lowest BCUT2D eigenvalue weighted by atomic mass is 9.99. The molecule has 0 spiro atoms. The van der Waals surface area contributed by atoms with Gasteiger partial charge in [-0.3, -0.25) is 0 Å². The summed E-state index contributed by atoms with van der Waals surface area (Å²) in [5, 5.41) is 6.30. The van der Waals surface area contributed by atoms with Crippen LogP contribution in [0.2, 0.25) is 0 Å². The smallest absolute Gasteiger partial charge is 0.350 e. The van der Waals surface area contributed by atoms with Crippen molar-refractivity contribution in [1.29, 1.82) is 0 Å². The van der Waals surface area contributed by atoms with Gasteiger partial charge in [-0.05, 0) is 55.6 Å². The summed E-state index contributed by atoms with van der Waals surface area (Å²) >= 11 is 0. The molecule has 1 saturated heterocycles. The third-order valence-electron chi connectivity index (χ3n) is 6.24. The van der Waals surface area contributed by atoms with Crippen LogP contribution in [0.4, 0.5) is 27.9 Å². The molecule has 0 radical (unpaired) electrons. The van der Waals surface area contributed by atoms with Gasteiger partial charge in [-0.2, -0.15) is 18.2 Å². The highest BCUT2D eigenvalue weighted by atomic mass is 19.4. The van der Waals surface area contributed by atoms with E-state index in [1.807, 2.05) is 0 Å². The zero-order valence-electron chi connectivity index (χ0n) is 19.1. The van der Waals surface area contributed by atoms with Gasteiger partial charge >= 0.3 is 6.18 Å². The molecule has 4 aromatic rings. The first-order valence-electron chi connectivity index (χ1n) is 11.6. The van der Waals surface area contributed by atoms with Gasteiger partial charge in [0, 0.05) is 18.7 Å². The quantitative estimate of drug-likeness (QED) is 0.346. The number of imidazole rings is 1. The summed E-state index contributed by atoms with van der Waals surface area (Å²) in [5.74, 6) is -1.33. The third kappa shape index (κ3) is 5.01. The van der Waals surface area contributed by atoms with Crippen molar-refractivity contribution < 1.29 is 22.0 Å². The van der Waals surface area contributed by atoms with E-state index < -0.39 is 23.4 Å². The van der Waals surface area contributed by atoms with E-state index in [0.717, 1.165) is 44.1 Å². The first-order valence-corrected chi connectivity index (χ1v) is 11.6. The highest BCUT2D eigenvalue weighted by Crippen LogP contribution is 2.38. The number of anilines is 1. The molecule has 0 aliphatic carbocycles. The molecule has 0 bridgehead atoms. The van der Waals surface area contributed by atoms with Crippen molar-refractivity contribution in [1.82, 2.24) is 24.8 Å². The van der Waals surface area contributed by atoms with Crippen molar-refractivity contribution in [3.05, 3.63) is 71.4 Å². The molecule has 2 N–H and O–H groups in total. The average molecular weight is 502 g/mol. The molecule has 1 atom stereocenters. The minimum Gasteiger partial charge on any atom is -0.350 e. The van der Waals surface area contributed by atoms with Gasteiger partial charge in [-0.15, -0.1) is 0 Å². The number of halogens is 5. The van der Waals surface area contributed by atoms with Crippen molar-refractivity contribution in [3.63, 3.8) is 0 Å². The molecule has 36 heavy (non-hydrogen) atoms. The van der Waals surface area contributed by atoms with Crippen molar-refractivity contribution in [2.75, 3.05) is 18.4 Å². The van der Waals surface area contributed by atoms with Gasteiger partial charge < -0.3 is 15.2 Å². The SMILES string of the molecule is Fc1ccc(CNc2ncc3nc(-c4ccccc4C(F)(F)F)n(C[C@@H]4CCCNC4)c3n2)cc1F. The Hall–Kier alpha value is -3.60. The van der Waals surface area contributed by atoms with Crippen molar-refractivity contribution in [2.45, 2.75) is 32.1 Å². The van der Waals surface area contributed by atoms with Crippen LogP contribution in [0.25, 0.3) is 22.6 Å². The Labute approximate surface area is 203 Å². The molecule has 3 heterocycles. The zero-order valence-corrected chi connectivity index (χ0v) is 19.1. The molecule has 2 aromatic heterocycles. The molecule has 1 fully saturated rings. The number of nitrogens with zero attached hydrogens (tertiary/aromatic N) is 4. The summed E-state index contributed by atoms with van der Waals surface area (Å²) in [6.07, 6.45) is -1.19. The van der Waals surface area contributed by atoms with Crippen LogP contribution in [0.15, 0.2) is 48.7 Å². The second-order valence-electron chi connectivity index (χ2n) is 8.81. The fourth-order valence-corrected chi connectivity index (χ4v) is 4.48. The average Bonchev–Trinajstić information content (AvgIpc) is 3.22. The number of fused-ring (bicyclic) bond motifs is 1. The van der Waals surface area contributed by atoms with E-state index in [-0.39, 0.29) is 29.8 Å². The lowest BCUT2D eigenvalue weighted by molar-refractivity contribution is -0.137. The number of hydrogen-bond donors (Lipinski definition) is 2. The largest absolute Gasteiger partial charge is 0.417 e. The summed E-state index contributed by atoms with van der Waals surface area (Å²) in [6, 6.07) is 8.91. The molecule has 0 amide bonds. The van der Waals surface area contributed by atoms with Crippen LogP contribution in [0.5, 0.6) is 0 Å². The van der Waals surface area contributed by atoms with Gasteiger partial charge in [0.05, 0.1) is 11.8 Å². The van der Waals surface area contributed by atoms with E-state index in [4.69, 9.17) is 0 Å². The molecule has 2 aromatic carbocycles. The predicted octanol–water partition coefficient (Wildman–Crippen LogP) is 5.40. The Kier molecular flexibility index (Phi) is 6.57. The van der Waals surface area contributed by atoms with Gasteiger partial charge in [-0.1, -0.05) is 24.3 Å². The standard InChI is InChI=1S/C25H23F5N6/c26-19-8-7-15(10-20(19)27)12-32-24-33-13-21-23(35-24)36(14-16-4-3-9-31-11-16)22(34-21)17-5-1-2-6-18(17)25(28,29)30/h1-2,5-8,10,13,16,31H,3-4,9,11-12,14H2,(H,32,33,35)/t16-/m1/s1. The number of hydrogen-bond acceptors (Lipinski definition) is 5. The molecule has 5 rings (SSSR count). The molecule has 188 valence electrons. The molecular weight excluding hydrogens is 479 g/mol. The van der Waals surface area contributed by atoms with E-state index in [1.54, 1.807) is 10.6 Å². The Balaban J connectivity index is 1.54. The zero-order chi connectivity index (χ0) is 25.3.